The Hall–Kier alpha value is -4.12. The number of benzene rings is 1. The molecule has 4 aromatic rings. The zero-order valence-electron chi connectivity index (χ0n) is 16.4. The van der Waals surface area contributed by atoms with Gasteiger partial charge < -0.3 is 20.7 Å². The molecule has 9 nitrogen and oxygen atoms in total. The summed E-state index contributed by atoms with van der Waals surface area (Å²) in [6.45, 7) is 0.331. The number of nitrogens with one attached hydrogen (secondary N) is 3. The summed E-state index contributed by atoms with van der Waals surface area (Å²) in [5, 5.41) is 14.4. The number of carbonyl (C=O) groups is 3. The van der Waals surface area contributed by atoms with E-state index in [2.05, 4.69) is 25.6 Å². The predicted octanol–water partition coefficient (Wildman–Crippen LogP) is 2.72. The van der Waals surface area contributed by atoms with Gasteiger partial charge in [-0.2, -0.15) is 0 Å². The number of rotatable bonds is 7. The Morgan fingerprint density at radius 1 is 1.00 bits per heavy atom. The first kappa shape index (κ1) is 21.1. The molecule has 2 amide bonds. The number of carboxylic acids is 1. The van der Waals surface area contributed by atoms with Crippen LogP contribution < -0.4 is 10.6 Å². The number of aromatic nitrogens is 3. The molecule has 32 heavy (non-hydrogen) atoms. The van der Waals surface area contributed by atoms with Crippen molar-refractivity contribution < 1.29 is 23.9 Å². The first-order chi connectivity index (χ1) is 15.4. The fraction of sp³-hybridized carbons (Fsp3) is 0.0952. The molecule has 3 heterocycles. The van der Waals surface area contributed by atoms with Crippen LogP contribution in [0.5, 0.6) is 0 Å². The Morgan fingerprint density at radius 2 is 1.75 bits per heavy atom. The fourth-order valence-electron chi connectivity index (χ4n) is 3.00. The van der Waals surface area contributed by atoms with E-state index in [9.17, 15) is 18.8 Å². The number of fused-ring (bicyclic) bond motifs is 1. The molecule has 4 N–H and O–H groups in total. The van der Waals surface area contributed by atoms with Crippen LogP contribution >= 0.6 is 11.3 Å². The molecule has 162 valence electrons. The standard InChI is InChI=1S/C21H16FN5O4S/c22-12-3-1-11(2-4-12)7-24-20(29)18-17-16(26-10-27-18)14(9-23-17)19(28)25-8-13-5-6-15(32-13)21(30)31/h1-6,9-10,23H,7-8H2,(H,24,29)(H,25,28)(H,30,31). The Kier molecular flexibility index (Phi) is 5.90. The topological polar surface area (TPSA) is 137 Å². The van der Waals surface area contributed by atoms with Crippen molar-refractivity contribution in [3.63, 3.8) is 0 Å². The quantitative estimate of drug-likeness (QED) is 0.340. The molecule has 0 unspecified atom stereocenters. The predicted molar refractivity (Wildman–Crippen MR) is 114 cm³/mol. The monoisotopic (exact) mass is 453 g/mol. The minimum Gasteiger partial charge on any atom is -0.477 e. The number of nitrogens with zero attached hydrogens (tertiary/aromatic N) is 2. The van der Waals surface area contributed by atoms with Gasteiger partial charge in [-0.15, -0.1) is 11.3 Å². The largest absolute Gasteiger partial charge is 0.477 e. The van der Waals surface area contributed by atoms with Crippen LogP contribution in [0, 0.1) is 5.82 Å². The molecule has 0 saturated carbocycles. The van der Waals surface area contributed by atoms with E-state index in [1.54, 1.807) is 18.2 Å². The number of halogens is 1. The second-order valence-corrected chi connectivity index (χ2v) is 7.88. The van der Waals surface area contributed by atoms with Gasteiger partial charge in [0, 0.05) is 17.6 Å². The van der Waals surface area contributed by atoms with Crippen LogP contribution in [0.1, 0.15) is 41.0 Å². The van der Waals surface area contributed by atoms with Gasteiger partial charge in [0.15, 0.2) is 5.69 Å². The average molecular weight is 453 g/mol. The van der Waals surface area contributed by atoms with Crippen molar-refractivity contribution in [2.45, 2.75) is 13.1 Å². The van der Waals surface area contributed by atoms with Crippen molar-refractivity contribution in [2.24, 2.45) is 0 Å². The molecule has 0 saturated heterocycles. The molecular weight excluding hydrogens is 437 g/mol. The van der Waals surface area contributed by atoms with Gasteiger partial charge in [0.2, 0.25) is 0 Å². The third-order valence-corrected chi connectivity index (χ3v) is 5.66. The summed E-state index contributed by atoms with van der Waals surface area (Å²) in [7, 11) is 0. The van der Waals surface area contributed by atoms with Crippen molar-refractivity contribution in [3.05, 3.63) is 81.3 Å². The summed E-state index contributed by atoms with van der Waals surface area (Å²) in [6, 6.07) is 8.85. The molecule has 0 aliphatic carbocycles. The van der Waals surface area contributed by atoms with Crippen molar-refractivity contribution in [3.8, 4) is 0 Å². The lowest BCUT2D eigenvalue weighted by molar-refractivity contribution is 0.0701. The zero-order valence-corrected chi connectivity index (χ0v) is 17.2. The maximum atomic E-state index is 13.0. The van der Waals surface area contributed by atoms with Gasteiger partial charge in [-0.3, -0.25) is 9.59 Å². The number of carboxylic acid groups (broad SMARTS) is 1. The molecule has 0 aliphatic heterocycles. The smallest absolute Gasteiger partial charge is 0.345 e. The van der Waals surface area contributed by atoms with Crippen LogP contribution in [0.15, 0.2) is 48.9 Å². The van der Waals surface area contributed by atoms with Gasteiger partial charge in [-0.1, -0.05) is 12.1 Å². The molecular formula is C21H16FN5O4S. The highest BCUT2D eigenvalue weighted by Gasteiger charge is 2.19. The van der Waals surface area contributed by atoms with Gasteiger partial charge in [-0.25, -0.2) is 19.2 Å². The van der Waals surface area contributed by atoms with Crippen molar-refractivity contribution in [2.75, 3.05) is 0 Å². The number of hydrogen-bond acceptors (Lipinski definition) is 6. The van der Waals surface area contributed by atoms with Crippen molar-refractivity contribution in [1.29, 1.82) is 0 Å². The SMILES string of the molecule is O=C(O)c1ccc(CNC(=O)c2c[nH]c3c(C(=O)NCc4ccc(F)cc4)ncnc23)s1. The lowest BCUT2D eigenvalue weighted by atomic mass is 10.2. The van der Waals surface area contributed by atoms with Gasteiger partial charge in [0.25, 0.3) is 11.8 Å². The van der Waals surface area contributed by atoms with E-state index in [0.29, 0.717) is 10.4 Å². The first-order valence-corrected chi connectivity index (χ1v) is 10.2. The van der Waals surface area contributed by atoms with E-state index in [1.165, 1.54) is 30.7 Å². The normalized spacial score (nSPS) is 10.8. The third kappa shape index (κ3) is 4.47. The summed E-state index contributed by atoms with van der Waals surface area (Å²) < 4.78 is 13.0. The van der Waals surface area contributed by atoms with Crippen LogP contribution in [0.2, 0.25) is 0 Å². The minimum atomic E-state index is -1.02. The highest BCUT2D eigenvalue weighted by atomic mass is 32.1. The lowest BCUT2D eigenvalue weighted by Crippen LogP contribution is -2.24. The van der Waals surface area contributed by atoms with Gasteiger partial charge in [-0.05, 0) is 29.8 Å². The van der Waals surface area contributed by atoms with E-state index in [1.807, 2.05) is 0 Å². The molecule has 0 fully saturated rings. The van der Waals surface area contributed by atoms with Crippen molar-refractivity contribution >= 4 is 40.2 Å². The molecule has 0 radical (unpaired) electrons. The second-order valence-electron chi connectivity index (χ2n) is 6.71. The summed E-state index contributed by atoms with van der Waals surface area (Å²) in [5.74, 6) is -2.30. The van der Waals surface area contributed by atoms with Crippen LogP contribution in [0.3, 0.4) is 0 Å². The summed E-state index contributed by atoms with van der Waals surface area (Å²) >= 11 is 1.07. The number of aromatic carboxylic acids is 1. The molecule has 0 atom stereocenters. The number of thiophene rings is 1. The van der Waals surface area contributed by atoms with E-state index >= 15 is 0 Å². The highest BCUT2D eigenvalue weighted by Crippen LogP contribution is 2.19. The Bertz CT molecular complexity index is 1320. The lowest BCUT2D eigenvalue weighted by Gasteiger charge is -2.06. The van der Waals surface area contributed by atoms with E-state index in [-0.39, 0.29) is 40.6 Å². The molecule has 0 spiro atoms. The Balaban J connectivity index is 1.46. The average Bonchev–Trinajstić information content (AvgIpc) is 3.44. The molecule has 0 bridgehead atoms. The van der Waals surface area contributed by atoms with E-state index in [4.69, 9.17) is 5.11 Å². The maximum absolute atomic E-state index is 13.0. The molecule has 11 heteroatoms. The minimum absolute atomic E-state index is 0.0699. The van der Waals surface area contributed by atoms with Gasteiger partial charge >= 0.3 is 5.97 Å². The molecule has 0 aliphatic rings. The van der Waals surface area contributed by atoms with Crippen LogP contribution in [-0.2, 0) is 13.1 Å². The molecule has 1 aromatic carbocycles. The van der Waals surface area contributed by atoms with Gasteiger partial charge in [0.1, 0.15) is 22.5 Å². The Morgan fingerprint density at radius 3 is 2.47 bits per heavy atom. The van der Waals surface area contributed by atoms with Crippen LogP contribution in [0.4, 0.5) is 4.39 Å². The summed E-state index contributed by atoms with van der Waals surface area (Å²) in [6.07, 6.45) is 2.63. The molecule has 4 rings (SSSR count). The fourth-order valence-corrected chi connectivity index (χ4v) is 3.79. The summed E-state index contributed by atoms with van der Waals surface area (Å²) in [5.41, 5.74) is 1.60. The van der Waals surface area contributed by atoms with Gasteiger partial charge in [0.05, 0.1) is 17.6 Å². The summed E-state index contributed by atoms with van der Waals surface area (Å²) in [4.78, 5) is 48.1. The third-order valence-electron chi connectivity index (χ3n) is 4.58. The molecule has 3 aromatic heterocycles. The number of amides is 2. The number of hydrogen-bond donors (Lipinski definition) is 4. The van der Waals surface area contributed by atoms with E-state index in [0.717, 1.165) is 16.9 Å². The number of H-pyrrole nitrogens is 1. The second kappa shape index (κ2) is 8.94. The number of aromatic amines is 1. The number of carbonyl (C=O) groups excluding carboxylic acids is 2. The van der Waals surface area contributed by atoms with Crippen LogP contribution in [0.25, 0.3) is 11.0 Å². The highest BCUT2D eigenvalue weighted by molar-refractivity contribution is 7.13. The van der Waals surface area contributed by atoms with Crippen molar-refractivity contribution in [1.82, 2.24) is 25.6 Å². The maximum Gasteiger partial charge on any atom is 0.345 e. The zero-order chi connectivity index (χ0) is 22.7. The van der Waals surface area contributed by atoms with E-state index < -0.39 is 17.8 Å². The Labute approximate surface area is 184 Å². The first-order valence-electron chi connectivity index (χ1n) is 9.37. The van der Waals surface area contributed by atoms with Crippen LogP contribution in [-0.4, -0.2) is 37.8 Å².